The maximum Gasteiger partial charge on any atom is 0.174 e. The zero-order valence-electron chi connectivity index (χ0n) is 9.78. The fourth-order valence-electron chi connectivity index (χ4n) is 1.75. The molecule has 6 heteroatoms. The van der Waals surface area contributed by atoms with Gasteiger partial charge < -0.3 is 4.74 Å². The van der Waals surface area contributed by atoms with E-state index in [-0.39, 0.29) is 6.61 Å². The normalized spacial score (nSPS) is 10.3. The fraction of sp³-hybridized carbons (Fsp3) is 0.0769. The van der Waals surface area contributed by atoms with Crippen LogP contribution >= 0.6 is 11.7 Å². The summed E-state index contributed by atoms with van der Waals surface area (Å²) in [6.45, 7) is 0.0205. The Labute approximate surface area is 113 Å². The molecule has 0 atom stereocenters. The SMILES string of the molecule is N#CCOc1ccc(-c2cccc3nsnc23)nc1. The minimum Gasteiger partial charge on any atom is -0.477 e. The van der Waals surface area contributed by atoms with Crippen molar-refractivity contribution in [3.8, 4) is 23.1 Å². The second kappa shape index (κ2) is 5.00. The van der Waals surface area contributed by atoms with Crippen LogP contribution in [0.3, 0.4) is 0 Å². The third kappa shape index (κ3) is 2.23. The van der Waals surface area contributed by atoms with Gasteiger partial charge in [-0.1, -0.05) is 12.1 Å². The molecule has 0 N–H and O–H groups in total. The number of benzene rings is 1. The van der Waals surface area contributed by atoms with E-state index in [2.05, 4.69) is 13.7 Å². The Morgan fingerprint density at radius 2 is 2.16 bits per heavy atom. The summed E-state index contributed by atoms with van der Waals surface area (Å²) in [6.07, 6.45) is 1.60. The summed E-state index contributed by atoms with van der Waals surface area (Å²) in [7, 11) is 0. The zero-order chi connectivity index (χ0) is 13.1. The molecule has 0 spiro atoms. The van der Waals surface area contributed by atoms with Crippen LogP contribution in [0.4, 0.5) is 0 Å². The number of pyridine rings is 1. The monoisotopic (exact) mass is 268 g/mol. The number of hydrogen-bond donors (Lipinski definition) is 0. The van der Waals surface area contributed by atoms with Gasteiger partial charge in [-0.2, -0.15) is 14.0 Å². The van der Waals surface area contributed by atoms with E-state index in [1.54, 1.807) is 12.3 Å². The van der Waals surface area contributed by atoms with Crippen LogP contribution in [0.25, 0.3) is 22.3 Å². The molecule has 0 fully saturated rings. The van der Waals surface area contributed by atoms with Crippen LogP contribution < -0.4 is 4.74 Å². The molecule has 0 aliphatic heterocycles. The summed E-state index contributed by atoms with van der Waals surface area (Å²) < 4.78 is 13.7. The predicted octanol–water partition coefficient (Wildman–Crippen LogP) is 2.66. The Morgan fingerprint density at radius 3 is 2.95 bits per heavy atom. The molecule has 0 unspecified atom stereocenters. The molecule has 2 aromatic heterocycles. The molecule has 0 saturated heterocycles. The third-order valence-electron chi connectivity index (χ3n) is 2.60. The van der Waals surface area contributed by atoms with Crippen molar-refractivity contribution in [3.63, 3.8) is 0 Å². The van der Waals surface area contributed by atoms with Crippen LogP contribution in [-0.2, 0) is 0 Å². The van der Waals surface area contributed by atoms with Gasteiger partial charge in [0.1, 0.15) is 22.9 Å². The summed E-state index contributed by atoms with van der Waals surface area (Å²) in [5, 5.41) is 8.45. The van der Waals surface area contributed by atoms with E-state index in [1.165, 1.54) is 11.7 Å². The zero-order valence-corrected chi connectivity index (χ0v) is 10.6. The largest absolute Gasteiger partial charge is 0.477 e. The van der Waals surface area contributed by atoms with Gasteiger partial charge in [-0.3, -0.25) is 4.98 Å². The first-order valence-electron chi connectivity index (χ1n) is 5.56. The summed E-state index contributed by atoms with van der Waals surface area (Å²) in [6, 6.07) is 11.4. The van der Waals surface area contributed by atoms with Crippen molar-refractivity contribution in [3.05, 3.63) is 36.5 Å². The van der Waals surface area contributed by atoms with E-state index in [0.29, 0.717) is 5.75 Å². The minimum atomic E-state index is 0.0205. The average Bonchev–Trinajstić information content (AvgIpc) is 2.94. The number of ether oxygens (including phenoxy) is 1. The number of fused-ring (bicyclic) bond motifs is 1. The number of aromatic nitrogens is 3. The lowest BCUT2D eigenvalue weighted by Crippen LogP contribution is -1.94. The highest BCUT2D eigenvalue weighted by molar-refractivity contribution is 7.00. The molecule has 1 aromatic carbocycles. The van der Waals surface area contributed by atoms with Gasteiger partial charge in [0.05, 0.1) is 23.6 Å². The van der Waals surface area contributed by atoms with Crippen LogP contribution in [-0.4, -0.2) is 20.3 Å². The highest BCUT2D eigenvalue weighted by Crippen LogP contribution is 2.26. The molecule has 3 rings (SSSR count). The molecular formula is C13H8N4OS. The van der Waals surface area contributed by atoms with E-state index in [1.807, 2.05) is 30.3 Å². The van der Waals surface area contributed by atoms with Crippen molar-refractivity contribution in [2.45, 2.75) is 0 Å². The molecule has 3 aromatic rings. The van der Waals surface area contributed by atoms with E-state index in [0.717, 1.165) is 22.3 Å². The fourth-order valence-corrected chi connectivity index (χ4v) is 2.30. The summed E-state index contributed by atoms with van der Waals surface area (Å²) in [5.41, 5.74) is 3.47. The van der Waals surface area contributed by atoms with Crippen LogP contribution in [0.1, 0.15) is 0 Å². The van der Waals surface area contributed by atoms with Gasteiger partial charge in [-0.05, 0) is 18.2 Å². The Balaban J connectivity index is 1.98. The standard InChI is InChI=1S/C13H8N4OS/c14-6-7-18-9-4-5-11(15-8-9)10-2-1-3-12-13(10)17-19-16-12/h1-5,8H,7H2. The molecule has 2 heterocycles. The molecule has 0 amide bonds. The first-order valence-corrected chi connectivity index (χ1v) is 6.29. The highest BCUT2D eigenvalue weighted by Gasteiger charge is 2.08. The van der Waals surface area contributed by atoms with E-state index < -0.39 is 0 Å². The van der Waals surface area contributed by atoms with Gasteiger partial charge in [-0.25, -0.2) is 0 Å². The first kappa shape index (κ1) is 11.6. The number of hydrogen-bond acceptors (Lipinski definition) is 6. The third-order valence-corrected chi connectivity index (χ3v) is 3.14. The number of nitrogens with zero attached hydrogens (tertiary/aromatic N) is 4. The maximum absolute atomic E-state index is 8.45. The summed E-state index contributed by atoms with van der Waals surface area (Å²) in [4.78, 5) is 4.33. The Morgan fingerprint density at radius 1 is 1.21 bits per heavy atom. The highest BCUT2D eigenvalue weighted by atomic mass is 32.1. The second-order valence-electron chi connectivity index (χ2n) is 3.76. The van der Waals surface area contributed by atoms with Gasteiger partial charge >= 0.3 is 0 Å². The van der Waals surface area contributed by atoms with E-state index >= 15 is 0 Å². The Kier molecular flexibility index (Phi) is 3.04. The van der Waals surface area contributed by atoms with Crippen molar-refractivity contribution < 1.29 is 4.74 Å². The second-order valence-corrected chi connectivity index (χ2v) is 4.29. The van der Waals surface area contributed by atoms with E-state index in [9.17, 15) is 0 Å². The quantitative estimate of drug-likeness (QED) is 0.730. The average molecular weight is 268 g/mol. The number of rotatable bonds is 3. The Bertz CT molecular complexity index is 745. The molecule has 5 nitrogen and oxygen atoms in total. The smallest absolute Gasteiger partial charge is 0.174 e. The maximum atomic E-state index is 8.45. The van der Waals surface area contributed by atoms with Gasteiger partial charge in [0.25, 0.3) is 0 Å². The topological polar surface area (TPSA) is 71.7 Å². The molecular weight excluding hydrogens is 260 g/mol. The van der Waals surface area contributed by atoms with Crippen molar-refractivity contribution in [1.82, 2.24) is 13.7 Å². The molecule has 19 heavy (non-hydrogen) atoms. The summed E-state index contributed by atoms with van der Waals surface area (Å²) in [5.74, 6) is 0.578. The van der Waals surface area contributed by atoms with Gasteiger partial charge in [0, 0.05) is 5.56 Å². The van der Waals surface area contributed by atoms with E-state index in [4.69, 9.17) is 10.00 Å². The molecule has 0 aliphatic carbocycles. The molecule has 0 radical (unpaired) electrons. The molecule has 0 bridgehead atoms. The van der Waals surface area contributed by atoms with Crippen molar-refractivity contribution in [2.75, 3.05) is 6.61 Å². The predicted molar refractivity (Wildman–Crippen MR) is 71.8 cm³/mol. The lowest BCUT2D eigenvalue weighted by molar-refractivity contribution is 0.366. The lowest BCUT2D eigenvalue weighted by Gasteiger charge is -2.04. The van der Waals surface area contributed by atoms with Crippen LogP contribution in [0.15, 0.2) is 36.5 Å². The lowest BCUT2D eigenvalue weighted by atomic mass is 10.1. The van der Waals surface area contributed by atoms with Crippen molar-refractivity contribution >= 4 is 22.8 Å². The van der Waals surface area contributed by atoms with Crippen molar-refractivity contribution in [2.24, 2.45) is 0 Å². The van der Waals surface area contributed by atoms with Crippen LogP contribution in [0, 0.1) is 11.3 Å². The van der Waals surface area contributed by atoms with Crippen LogP contribution in [0.2, 0.25) is 0 Å². The van der Waals surface area contributed by atoms with Gasteiger partial charge in [0.2, 0.25) is 0 Å². The molecule has 92 valence electrons. The van der Waals surface area contributed by atoms with Gasteiger partial charge in [0.15, 0.2) is 6.61 Å². The first-order chi connectivity index (χ1) is 9.38. The summed E-state index contributed by atoms with van der Waals surface area (Å²) >= 11 is 1.19. The molecule has 0 saturated carbocycles. The minimum absolute atomic E-state index is 0.0205. The number of nitriles is 1. The van der Waals surface area contributed by atoms with Gasteiger partial charge in [-0.15, -0.1) is 0 Å². The van der Waals surface area contributed by atoms with Crippen molar-refractivity contribution in [1.29, 1.82) is 5.26 Å². The Hall–Kier alpha value is -2.52. The van der Waals surface area contributed by atoms with Crippen LogP contribution in [0.5, 0.6) is 5.75 Å². The molecule has 0 aliphatic rings.